The molecule has 0 spiro atoms. The number of nitrogens with zero attached hydrogens (tertiary/aromatic N) is 4. The fourth-order valence-electron chi connectivity index (χ4n) is 2.93. The minimum atomic E-state index is -0.544. The highest BCUT2D eigenvalue weighted by Crippen LogP contribution is 2.20. The zero-order valence-electron chi connectivity index (χ0n) is 16.4. The van der Waals surface area contributed by atoms with Gasteiger partial charge in [0.15, 0.2) is 0 Å². The van der Waals surface area contributed by atoms with Gasteiger partial charge in [0, 0.05) is 24.4 Å². The van der Waals surface area contributed by atoms with Gasteiger partial charge in [-0.1, -0.05) is 18.7 Å². The van der Waals surface area contributed by atoms with Crippen molar-refractivity contribution in [3.8, 4) is 0 Å². The molecule has 2 N–H and O–H groups in total. The first-order chi connectivity index (χ1) is 14.1. The van der Waals surface area contributed by atoms with Crippen LogP contribution in [0.3, 0.4) is 0 Å². The standard InChI is InChI=1S/C21H25N5O3/c1-16(2)23-15-26(14-17-3-5-18(6-4-17)21(27)24-28)20-8-7-19(13-22-20)25-9-11-29-12-10-25/h3-8,13,15,28H,1,9-12,14H2,2H3,(H,24,27). The first kappa shape index (κ1) is 20.5. The molecule has 0 saturated carbocycles. The molecular formula is C21H25N5O3. The zero-order chi connectivity index (χ0) is 20.6. The number of allylic oxidation sites excluding steroid dienone is 1. The van der Waals surface area contributed by atoms with Crippen molar-refractivity contribution in [2.75, 3.05) is 36.1 Å². The van der Waals surface area contributed by atoms with E-state index in [1.807, 2.05) is 42.3 Å². The van der Waals surface area contributed by atoms with E-state index in [1.54, 1.807) is 24.0 Å². The molecule has 0 radical (unpaired) electrons. The highest BCUT2D eigenvalue weighted by atomic mass is 16.5. The van der Waals surface area contributed by atoms with E-state index in [9.17, 15) is 4.79 Å². The summed E-state index contributed by atoms with van der Waals surface area (Å²) in [6, 6.07) is 11.0. The molecule has 1 amide bonds. The van der Waals surface area contributed by atoms with Crippen molar-refractivity contribution in [1.29, 1.82) is 0 Å². The summed E-state index contributed by atoms with van der Waals surface area (Å²) in [5.41, 5.74) is 4.73. The van der Waals surface area contributed by atoms with Crippen molar-refractivity contribution in [3.05, 3.63) is 66.0 Å². The van der Waals surface area contributed by atoms with E-state index in [-0.39, 0.29) is 0 Å². The number of carbonyl (C=O) groups is 1. The van der Waals surface area contributed by atoms with Gasteiger partial charge in [0.25, 0.3) is 5.91 Å². The van der Waals surface area contributed by atoms with Crippen molar-refractivity contribution >= 4 is 23.8 Å². The number of morpholine rings is 1. The van der Waals surface area contributed by atoms with Crippen molar-refractivity contribution in [2.45, 2.75) is 13.5 Å². The number of hydrogen-bond donors (Lipinski definition) is 2. The van der Waals surface area contributed by atoms with Crippen LogP contribution in [0.5, 0.6) is 0 Å². The number of carbonyl (C=O) groups excluding carboxylic acids is 1. The molecule has 1 aromatic heterocycles. The monoisotopic (exact) mass is 395 g/mol. The van der Waals surface area contributed by atoms with Gasteiger partial charge in [-0.2, -0.15) is 0 Å². The molecule has 0 unspecified atom stereocenters. The van der Waals surface area contributed by atoms with Crippen LogP contribution in [0.15, 0.2) is 59.9 Å². The summed E-state index contributed by atoms with van der Waals surface area (Å²) in [6.07, 6.45) is 3.56. The smallest absolute Gasteiger partial charge is 0.274 e. The number of benzene rings is 1. The summed E-state index contributed by atoms with van der Waals surface area (Å²) < 4.78 is 5.40. The second-order valence-corrected chi connectivity index (χ2v) is 6.72. The van der Waals surface area contributed by atoms with E-state index >= 15 is 0 Å². The fraction of sp³-hybridized carbons (Fsp3) is 0.286. The van der Waals surface area contributed by atoms with E-state index in [0.29, 0.717) is 17.8 Å². The summed E-state index contributed by atoms with van der Waals surface area (Å²) in [5, 5.41) is 8.74. The maximum Gasteiger partial charge on any atom is 0.274 e. The number of ether oxygens (including phenoxy) is 1. The van der Waals surface area contributed by atoms with E-state index in [4.69, 9.17) is 9.94 Å². The lowest BCUT2D eigenvalue weighted by Crippen LogP contribution is -2.36. The molecule has 0 bridgehead atoms. The van der Waals surface area contributed by atoms with Crippen LogP contribution in [0.1, 0.15) is 22.8 Å². The molecule has 1 aliphatic heterocycles. The Morgan fingerprint density at radius 2 is 2.03 bits per heavy atom. The Kier molecular flexibility index (Phi) is 6.94. The zero-order valence-corrected chi connectivity index (χ0v) is 16.4. The van der Waals surface area contributed by atoms with Crippen LogP contribution in [0.2, 0.25) is 0 Å². The van der Waals surface area contributed by atoms with E-state index in [0.717, 1.165) is 43.4 Å². The Morgan fingerprint density at radius 3 is 2.62 bits per heavy atom. The molecule has 1 fully saturated rings. The third-order valence-corrected chi connectivity index (χ3v) is 4.49. The molecular weight excluding hydrogens is 370 g/mol. The predicted octanol–water partition coefficient (Wildman–Crippen LogP) is 2.61. The Hall–Kier alpha value is -3.23. The van der Waals surface area contributed by atoms with Gasteiger partial charge >= 0.3 is 0 Å². The summed E-state index contributed by atoms with van der Waals surface area (Å²) in [6.45, 7) is 9.32. The molecule has 29 heavy (non-hydrogen) atoms. The topological polar surface area (TPSA) is 90.3 Å². The van der Waals surface area contributed by atoms with Gasteiger partial charge in [-0.25, -0.2) is 15.5 Å². The molecule has 8 heteroatoms. The highest BCUT2D eigenvalue weighted by molar-refractivity contribution is 5.93. The Bertz CT molecular complexity index is 859. The van der Waals surface area contributed by atoms with Gasteiger partial charge in [-0.3, -0.25) is 10.0 Å². The average molecular weight is 395 g/mol. The lowest BCUT2D eigenvalue weighted by atomic mass is 10.1. The first-order valence-corrected chi connectivity index (χ1v) is 9.35. The van der Waals surface area contributed by atoms with E-state index in [2.05, 4.69) is 21.5 Å². The maximum atomic E-state index is 11.5. The summed E-state index contributed by atoms with van der Waals surface area (Å²) in [4.78, 5) is 24.6. The van der Waals surface area contributed by atoms with Gasteiger partial charge in [0.1, 0.15) is 5.82 Å². The van der Waals surface area contributed by atoms with Gasteiger partial charge < -0.3 is 14.5 Å². The van der Waals surface area contributed by atoms with Gasteiger partial charge in [-0.05, 0) is 36.8 Å². The lowest BCUT2D eigenvalue weighted by molar-refractivity contribution is 0.0706. The molecule has 1 saturated heterocycles. The maximum absolute atomic E-state index is 11.5. The largest absolute Gasteiger partial charge is 0.378 e. The van der Waals surface area contributed by atoms with Crippen molar-refractivity contribution < 1.29 is 14.7 Å². The van der Waals surface area contributed by atoms with Crippen molar-refractivity contribution in [1.82, 2.24) is 10.5 Å². The molecule has 0 aliphatic carbocycles. The molecule has 1 aromatic carbocycles. The fourth-order valence-corrected chi connectivity index (χ4v) is 2.93. The Morgan fingerprint density at radius 1 is 1.31 bits per heavy atom. The number of aliphatic imine (C=N–C) groups is 1. The number of hydroxylamine groups is 1. The minimum Gasteiger partial charge on any atom is -0.378 e. The predicted molar refractivity (Wildman–Crippen MR) is 112 cm³/mol. The third-order valence-electron chi connectivity index (χ3n) is 4.49. The number of hydrogen-bond acceptors (Lipinski definition) is 6. The van der Waals surface area contributed by atoms with Crippen LogP contribution >= 0.6 is 0 Å². The van der Waals surface area contributed by atoms with E-state index in [1.165, 1.54) is 0 Å². The van der Waals surface area contributed by atoms with E-state index < -0.39 is 5.91 Å². The molecule has 3 rings (SSSR count). The molecule has 1 aliphatic rings. The molecule has 0 atom stereocenters. The van der Waals surface area contributed by atoms with Crippen LogP contribution in [-0.4, -0.2) is 48.7 Å². The quantitative estimate of drug-likeness (QED) is 0.324. The first-order valence-electron chi connectivity index (χ1n) is 9.35. The van der Waals surface area contributed by atoms with Gasteiger partial charge in [-0.15, -0.1) is 0 Å². The van der Waals surface area contributed by atoms with Crippen LogP contribution in [0.25, 0.3) is 0 Å². The number of aromatic nitrogens is 1. The van der Waals surface area contributed by atoms with Gasteiger partial charge in [0.05, 0.1) is 38.0 Å². The number of amides is 1. The summed E-state index contributed by atoms with van der Waals surface area (Å²) in [5.74, 6) is 0.210. The molecule has 152 valence electrons. The number of anilines is 2. The SMILES string of the molecule is C=C(C)N=CN(Cc1ccc(C(=O)NO)cc1)c1ccc(N2CCOCC2)cn1. The number of nitrogens with one attached hydrogen (secondary N) is 1. The normalized spacial score (nSPS) is 14.1. The molecule has 2 aromatic rings. The van der Waals surface area contributed by atoms with Crippen LogP contribution in [-0.2, 0) is 11.3 Å². The second-order valence-electron chi connectivity index (χ2n) is 6.72. The van der Waals surface area contributed by atoms with Crippen LogP contribution in [0, 0.1) is 0 Å². The van der Waals surface area contributed by atoms with Crippen molar-refractivity contribution in [2.24, 2.45) is 4.99 Å². The number of rotatable bonds is 7. The Balaban J connectivity index is 1.77. The minimum absolute atomic E-state index is 0.381. The van der Waals surface area contributed by atoms with Crippen molar-refractivity contribution in [3.63, 3.8) is 0 Å². The average Bonchev–Trinajstić information content (AvgIpc) is 2.77. The van der Waals surface area contributed by atoms with Crippen LogP contribution in [0.4, 0.5) is 11.5 Å². The lowest BCUT2D eigenvalue weighted by Gasteiger charge is -2.29. The second kappa shape index (κ2) is 9.81. The van der Waals surface area contributed by atoms with Gasteiger partial charge in [0.2, 0.25) is 0 Å². The molecule has 8 nitrogen and oxygen atoms in total. The summed E-state index contributed by atoms with van der Waals surface area (Å²) in [7, 11) is 0. The summed E-state index contributed by atoms with van der Waals surface area (Å²) >= 11 is 0. The van der Waals surface area contributed by atoms with Crippen LogP contribution < -0.4 is 15.3 Å². The highest BCUT2D eigenvalue weighted by Gasteiger charge is 2.13. The third kappa shape index (κ3) is 5.63. The molecule has 2 heterocycles. The Labute approximate surface area is 170 Å². The number of pyridine rings is 1.